The molecule has 0 fully saturated rings. The average molecular weight is 1800 g/mol. The van der Waals surface area contributed by atoms with Crippen LogP contribution >= 0.6 is 68.0 Å². The number of pyridine rings is 5. The van der Waals surface area contributed by atoms with Crippen molar-refractivity contribution in [2.45, 2.75) is 41.0 Å². The van der Waals surface area contributed by atoms with E-state index in [0.717, 1.165) is 180 Å². The number of amidine groups is 1. The molecule has 3 N–H and O–H groups in total. The number of aliphatic imine (C=N–C) groups is 2. The van der Waals surface area contributed by atoms with E-state index in [9.17, 15) is 4.39 Å². The number of hydrogen-bond acceptors (Lipinski definition) is 27. The Kier molecular flexibility index (Phi) is 22.6. The lowest BCUT2D eigenvalue weighted by Gasteiger charge is -2.01. The highest BCUT2D eigenvalue weighted by Crippen LogP contribution is 2.46. The van der Waals surface area contributed by atoms with Gasteiger partial charge in [0, 0.05) is 72.7 Å². The van der Waals surface area contributed by atoms with Gasteiger partial charge in [0.2, 0.25) is 5.88 Å². The summed E-state index contributed by atoms with van der Waals surface area (Å²) in [6.45, 7) is 11.1. The minimum absolute atomic E-state index is 0.308. The van der Waals surface area contributed by atoms with E-state index in [1.807, 2.05) is 234 Å². The summed E-state index contributed by atoms with van der Waals surface area (Å²) in [5.41, 5.74) is 21.6. The minimum Gasteiger partial charge on any atom is -0.477 e. The fourth-order valence-electron chi connectivity index (χ4n) is 14.8. The molecule has 21 heterocycles. The van der Waals surface area contributed by atoms with Crippen molar-refractivity contribution in [3.05, 3.63) is 300 Å². The molecule has 24 rings (SSSR count). The topological polar surface area (TPSA) is 340 Å². The minimum atomic E-state index is -0.308. The first-order valence-corrected chi connectivity index (χ1v) is 45.1. The molecule has 0 saturated carbocycles. The van der Waals surface area contributed by atoms with Gasteiger partial charge in [0.25, 0.3) is 0 Å². The van der Waals surface area contributed by atoms with Gasteiger partial charge in [0.05, 0.1) is 135 Å². The Morgan fingerprint density at radius 1 is 0.453 bits per heavy atom. The number of nitrogens with zero attached hydrogens (tertiary/aromatic N) is 26. The largest absolute Gasteiger partial charge is 0.477 e. The third kappa shape index (κ3) is 16.2. The number of thiophene rings is 1. The predicted octanol–water partition coefficient (Wildman–Crippen LogP) is 19.7. The molecule has 20 aromatic heterocycles. The molecule has 37 heteroatoms. The number of halogens is 1. The van der Waals surface area contributed by atoms with Gasteiger partial charge >= 0.3 is 0 Å². The first-order valence-electron chi connectivity index (χ1n) is 40.1. The number of aromatic nitrogens is 27. The molecular formula is C91H70FN29OS6. The molecule has 0 spiro atoms. The second-order valence-electron chi connectivity index (χ2n) is 28.8. The number of fused-ring (bicyclic) bond motifs is 5. The number of hydrogen-bond donors (Lipinski definition) is 3. The normalized spacial score (nSPS) is 11.8. The molecule has 0 atom stereocenters. The van der Waals surface area contributed by atoms with Gasteiger partial charge in [-0.15, -0.1) is 66.9 Å². The summed E-state index contributed by atoms with van der Waals surface area (Å²) in [6, 6.07) is 59.1. The Morgan fingerprint density at radius 2 is 0.930 bits per heavy atom. The van der Waals surface area contributed by atoms with Gasteiger partial charge in [-0.05, 0) is 124 Å². The summed E-state index contributed by atoms with van der Waals surface area (Å²) in [5, 5.41) is 60.4. The van der Waals surface area contributed by atoms with Crippen LogP contribution in [0, 0.1) is 33.5 Å². The van der Waals surface area contributed by atoms with Gasteiger partial charge < -0.3 is 9.30 Å². The van der Waals surface area contributed by atoms with Gasteiger partial charge in [0.1, 0.15) is 65.9 Å². The van der Waals surface area contributed by atoms with Crippen LogP contribution in [0.25, 0.3) is 157 Å². The lowest BCUT2D eigenvalue weighted by molar-refractivity contribution is 0.330. The maximum Gasteiger partial charge on any atom is 0.236 e. The van der Waals surface area contributed by atoms with Crippen LogP contribution in [0.3, 0.4) is 0 Å². The van der Waals surface area contributed by atoms with E-state index in [0.29, 0.717) is 41.9 Å². The predicted molar refractivity (Wildman–Crippen MR) is 501 cm³/mol. The molecule has 0 bridgehead atoms. The van der Waals surface area contributed by atoms with Crippen molar-refractivity contribution in [1.29, 1.82) is 0 Å². The van der Waals surface area contributed by atoms with E-state index in [2.05, 4.69) is 149 Å². The highest BCUT2D eigenvalue weighted by atomic mass is 32.1. The van der Waals surface area contributed by atoms with Crippen LogP contribution in [-0.2, 0) is 13.5 Å². The van der Waals surface area contributed by atoms with Crippen molar-refractivity contribution in [3.63, 3.8) is 0 Å². The molecule has 0 aliphatic carbocycles. The second kappa shape index (κ2) is 35.7. The third-order valence-corrected chi connectivity index (χ3v) is 26.6. The zero-order chi connectivity index (χ0) is 86.7. The summed E-state index contributed by atoms with van der Waals surface area (Å²) in [7, 11) is 1.94. The van der Waals surface area contributed by atoms with E-state index in [1.54, 1.807) is 57.7 Å². The monoisotopic (exact) mass is 1800 g/mol. The van der Waals surface area contributed by atoms with Gasteiger partial charge in [-0.1, -0.05) is 103 Å². The van der Waals surface area contributed by atoms with Gasteiger partial charge in [-0.3, -0.25) is 20.3 Å². The van der Waals surface area contributed by atoms with Crippen molar-refractivity contribution >= 4 is 108 Å². The van der Waals surface area contributed by atoms with Crippen molar-refractivity contribution in [2.75, 3.05) is 13.2 Å². The summed E-state index contributed by atoms with van der Waals surface area (Å²) in [6.07, 6.45) is 20.3. The van der Waals surface area contributed by atoms with Crippen LogP contribution in [0.5, 0.6) is 5.88 Å². The lowest BCUT2D eigenvalue weighted by Crippen LogP contribution is -1.93. The van der Waals surface area contributed by atoms with Crippen LogP contribution in [0.15, 0.2) is 265 Å². The molecule has 0 amide bonds. The summed E-state index contributed by atoms with van der Waals surface area (Å²) in [4.78, 5) is 50.9. The van der Waals surface area contributed by atoms with Crippen LogP contribution in [0.2, 0.25) is 0 Å². The number of H-pyrrole nitrogens is 3. The zero-order valence-corrected chi connectivity index (χ0v) is 73.7. The number of benzene rings is 3. The van der Waals surface area contributed by atoms with Crippen LogP contribution in [0.1, 0.15) is 45.8 Å². The number of thiazole rings is 5. The highest BCUT2D eigenvalue weighted by molar-refractivity contribution is 7.20. The molecule has 0 unspecified atom stereocenters. The van der Waals surface area contributed by atoms with Crippen molar-refractivity contribution in [3.8, 4) is 135 Å². The smallest absolute Gasteiger partial charge is 0.236 e. The number of nitrogens with one attached hydrogen (secondary N) is 3. The van der Waals surface area contributed by atoms with E-state index >= 15 is 0 Å². The fourth-order valence-corrected chi connectivity index (χ4v) is 21.1. The molecule has 0 saturated heterocycles. The summed E-state index contributed by atoms with van der Waals surface area (Å²) < 4.78 is 30.8. The quantitative estimate of drug-likeness (QED) is 0.0762. The second-order valence-corrected chi connectivity index (χ2v) is 34.6. The maximum atomic E-state index is 13.8. The Bertz CT molecular complexity index is 7900. The number of ether oxygens (including phenoxy) is 1. The lowest BCUT2D eigenvalue weighted by atomic mass is 10.1. The van der Waals surface area contributed by atoms with Gasteiger partial charge in [-0.2, -0.15) is 52.1 Å². The SMILES string of the molecule is CCOc1nc(-c2c(C)nn3ccccc23)sc1-c1ncn[nH]1.Cc1nn2ccccc2c1-c1nc(-c2cccc(F)c2)c(-c2ncn[nH]2)s1.Cc1nn2ccccc2c1-c1nc(-c2ccsc2)c(C2=NCC=N2)s1.Cc1nn2ccccc2c1-c1nc(Cc2ccccc2)c(-c2ncn[nH]2)s1.Cn1cnnc1-c1sc(-c2cnn3ccccc23)nc1-c1ccccc1. The average Bonchev–Trinajstić information content (AvgIpc) is 1.64. The first kappa shape index (κ1) is 81.0. The van der Waals surface area contributed by atoms with E-state index in [4.69, 9.17) is 24.7 Å². The van der Waals surface area contributed by atoms with Crippen LogP contribution in [0.4, 0.5) is 4.39 Å². The molecular weight excluding hydrogens is 1730 g/mol. The maximum absolute atomic E-state index is 13.8. The van der Waals surface area contributed by atoms with Gasteiger partial charge in [-0.25, -0.2) is 71.8 Å². The van der Waals surface area contributed by atoms with Gasteiger partial charge in [0.15, 0.2) is 29.1 Å². The molecule has 3 aromatic carbocycles. The highest BCUT2D eigenvalue weighted by Gasteiger charge is 2.29. The molecule has 30 nitrogen and oxygen atoms in total. The van der Waals surface area contributed by atoms with Crippen molar-refractivity contribution in [2.24, 2.45) is 17.0 Å². The van der Waals surface area contributed by atoms with E-state index in [-0.39, 0.29) is 5.82 Å². The Labute approximate surface area is 751 Å². The molecule has 128 heavy (non-hydrogen) atoms. The molecule has 1 aliphatic heterocycles. The first-order chi connectivity index (χ1) is 62.9. The van der Waals surface area contributed by atoms with Crippen molar-refractivity contribution < 1.29 is 9.13 Å². The molecule has 1 aliphatic rings. The van der Waals surface area contributed by atoms with Crippen LogP contribution < -0.4 is 4.74 Å². The molecule has 0 radical (unpaired) electrons. The number of aromatic amines is 3. The Hall–Kier alpha value is -15.4. The van der Waals surface area contributed by atoms with E-state index in [1.165, 1.54) is 59.4 Å². The summed E-state index contributed by atoms with van der Waals surface area (Å²) in [5.74, 6) is 3.86. The fraction of sp³-hybridized carbons (Fsp3) is 0.0989. The number of aryl methyl sites for hydroxylation is 5. The molecule has 628 valence electrons. The number of rotatable bonds is 17. The van der Waals surface area contributed by atoms with Crippen molar-refractivity contribution in [1.82, 2.24) is 133 Å². The Morgan fingerprint density at radius 3 is 1.45 bits per heavy atom. The zero-order valence-electron chi connectivity index (χ0n) is 68.8. The standard InChI is InChI=1S/C20H16N6S.C19H13FN6S.C19H14N6S.C18H13N5S2.C15H14N6OS/c1-13-17(16-9-5-6-10-26(16)25-13)20-23-15(11-14-7-3-2-4-8-14)18(27-20)19-21-12-22-24-19;1-11-15(14-7-2-3-8-26(14)25-11)19-23-16(12-5-4-6-13(20)9-12)17(27-19)18-21-10-22-24-18;1-24-12-20-23-18(24)17-16(13-7-3-2-4-8-13)22-19(26-17)14-11-21-25-10-6-5-9-15(14)25;1-11-14(13-4-2-3-8-23(13)22-11)18-21-15(12-5-9-24-10-12)16(25-18)17-19-6-7-20-17;1-3-22-14-12(13-16-8-17-19-13)23-15(18-14)11-9(2)20-21-7-5-4-6-10(11)21/h2-10,12H,11H2,1H3,(H,21,22,24);2-10H,1H3,(H,21,22,24);2-12H,1H3;2-6,8-10H,7H2,1H3;4-8H,3H2,1-2H3,(H,16,17,19). The summed E-state index contributed by atoms with van der Waals surface area (Å²) >= 11 is 9.55. The molecule has 23 aromatic rings. The van der Waals surface area contributed by atoms with E-state index < -0.39 is 0 Å². The third-order valence-electron chi connectivity index (χ3n) is 20.5. The van der Waals surface area contributed by atoms with Crippen LogP contribution in [-0.4, -0.2) is 159 Å². The Balaban J connectivity index is 0.000000101.